The van der Waals surface area contributed by atoms with Crippen LogP contribution in [-0.2, 0) is 9.59 Å². The second kappa shape index (κ2) is 4.08. The first-order valence-corrected chi connectivity index (χ1v) is 4.43. The topological polar surface area (TPSA) is 66.4 Å². The molecule has 1 rings (SSSR count). The van der Waals surface area contributed by atoms with Crippen molar-refractivity contribution in [2.75, 3.05) is 0 Å². The van der Waals surface area contributed by atoms with Crippen LogP contribution in [0, 0.1) is 5.92 Å². The number of carbonyl (C=O) groups is 2. The fourth-order valence-corrected chi connectivity index (χ4v) is 1.68. The lowest BCUT2D eigenvalue weighted by Gasteiger charge is -2.18. The molecule has 2 atom stereocenters. The van der Waals surface area contributed by atoms with Crippen LogP contribution in [0.1, 0.15) is 19.3 Å². The molecule has 0 spiro atoms. The molecule has 4 nitrogen and oxygen atoms in total. The molecule has 0 aromatic carbocycles. The summed E-state index contributed by atoms with van der Waals surface area (Å²) in [7, 11) is 0. The molecule has 7 heteroatoms. The van der Waals surface area contributed by atoms with Gasteiger partial charge in [-0.25, -0.2) is 0 Å². The summed E-state index contributed by atoms with van der Waals surface area (Å²) in [6.45, 7) is 0. The maximum Gasteiger partial charge on any atom is 0.471 e. The third-order valence-corrected chi connectivity index (χ3v) is 2.41. The molecule has 1 fully saturated rings. The molecule has 0 aromatic rings. The third-order valence-electron chi connectivity index (χ3n) is 2.41. The van der Waals surface area contributed by atoms with E-state index in [-0.39, 0.29) is 6.42 Å². The molecule has 2 N–H and O–H groups in total. The van der Waals surface area contributed by atoms with Gasteiger partial charge in [0.1, 0.15) is 0 Å². The van der Waals surface area contributed by atoms with Gasteiger partial charge in [0, 0.05) is 6.04 Å². The normalized spacial score (nSPS) is 26.3. The van der Waals surface area contributed by atoms with Crippen molar-refractivity contribution in [3.05, 3.63) is 0 Å². The van der Waals surface area contributed by atoms with E-state index in [9.17, 15) is 22.8 Å². The van der Waals surface area contributed by atoms with E-state index in [0.717, 1.165) is 0 Å². The van der Waals surface area contributed by atoms with Crippen LogP contribution in [0.25, 0.3) is 0 Å². The van der Waals surface area contributed by atoms with Gasteiger partial charge in [-0.05, 0) is 12.8 Å². The molecule has 0 aliphatic heterocycles. The molecule has 1 aliphatic carbocycles. The number of hydrogen-bond acceptors (Lipinski definition) is 2. The average Bonchev–Trinajstić information content (AvgIpc) is 2.50. The van der Waals surface area contributed by atoms with Crippen LogP contribution in [0.2, 0.25) is 0 Å². The highest BCUT2D eigenvalue weighted by Crippen LogP contribution is 2.27. The van der Waals surface area contributed by atoms with Crippen molar-refractivity contribution in [2.45, 2.75) is 31.5 Å². The predicted molar refractivity (Wildman–Crippen MR) is 43.0 cm³/mol. The van der Waals surface area contributed by atoms with E-state index >= 15 is 0 Å². The Bertz CT molecular complexity index is 277. The molecule has 15 heavy (non-hydrogen) atoms. The van der Waals surface area contributed by atoms with Crippen LogP contribution in [0.5, 0.6) is 0 Å². The first kappa shape index (κ1) is 11.8. The van der Waals surface area contributed by atoms with Crippen LogP contribution in [-0.4, -0.2) is 29.2 Å². The van der Waals surface area contributed by atoms with Crippen LogP contribution in [0.4, 0.5) is 13.2 Å². The van der Waals surface area contributed by atoms with Crippen molar-refractivity contribution in [3.8, 4) is 0 Å². The van der Waals surface area contributed by atoms with Gasteiger partial charge in [-0.2, -0.15) is 13.2 Å². The minimum absolute atomic E-state index is 0.277. The fraction of sp³-hybridized carbons (Fsp3) is 0.750. The molecule has 1 aliphatic rings. The summed E-state index contributed by atoms with van der Waals surface area (Å²) >= 11 is 0. The van der Waals surface area contributed by atoms with Gasteiger partial charge in [0.15, 0.2) is 0 Å². The Morgan fingerprint density at radius 2 is 1.87 bits per heavy atom. The van der Waals surface area contributed by atoms with Crippen molar-refractivity contribution in [3.63, 3.8) is 0 Å². The Morgan fingerprint density at radius 1 is 1.27 bits per heavy atom. The molecule has 0 unspecified atom stereocenters. The number of alkyl halides is 3. The van der Waals surface area contributed by atoms with E-state index in [1.807, 2.05) is 0 Å². The monoisotopic (exact) mass is 225 g/mol. The lowest BCUT2D eigenvalue weighted by atomic mass is 10.0. The van der Waals surface area contributed by atoms with Gasteiger partial charge in [-0.1, -0.05) is 6.42 Å². The Labute approximate surface area is 83.5 Å². The molecule has 0 radical (unpaired) electrons. The summed E-state index contributed by atoms with van der Waals surface area (Å²) in [5.74, 6) is -4.14. The molecule has 1 saturated carbocycles. The third kappa shape index (κ3) is 2.84. The molecule has 1 amide bonds. The number of amides is 1. The molecular weight excluding hydrogens is 215 g/mol. The van der Waals surface area contributed by atoms with Gasteiger partial charge >= 0.3 is 18.1 Å². The predicted octanol–water partition coefficient (Wildman–Crippen LogP) is 0.918. The number of nitrogens with one attached hydrogen (secondary N) is 1. The van der Waals surface area contributed by atoms with Gasteiger partial charge in [0.2, 0.25) is 0 Å². The quantitative estimate of drug-likeness (QED) is 0.734. The lowest BCUT2D eigenvalue weighted by molar-refractivity contribution is -0.174. The van der Waals surface area contributed by atoms with Crippen molar-refractivity contribution in [1.82, 2.24) is 5.32 Å². The zero-order valence-corrected chi connectivity index (χ0v) is 7.67. The molecule has 0 bridgehead atoms. The van der Waals surface area contributed by atoms with Gasteiger partial charge in [-0.3, -0.25) is 9.59 Å². The Kier molecular flexibility index (Phi) is 3.21. The molecule has 0 heterocycles. The Morgan fingerprint density at radius 3 is 2.33 bits per heavy atom. The summed E-state index contributed by atoms with van der Waals surface area (Å²) in [5, 5.41) is 10.4. The van der Waals surface area contributed by atoms with Crippen molar-refractivity contribution in [1.29, 1.82) is 0 Å². The van der Waals surface area contributed by atoms with E-state index in [1.54, 1.807) is 5.32 Å². The number of halogens is 3. The van der Waals surface area contributed by atoms with Gasteiger partial charge in [-0.15, -0.1) is 0 Å². The standard InChI is InChI=1S/C8H10F3NO3/c9-8(10,11)7(15)12-5-3-1-2-4(5)6(13)14/h4-5H,1-3H2,(H,12,15)(H,13,14)/t4-,5-/m0/s1. The van der Waals surface area contributed by atoms with Crippen LogP contribution in [0.15, 0.2) is 0 Å². The van der Waals surface area contributed by atoms with Crippen LogP contribution in [0.3, 0.4) is 0 Å². The molecule has 86 valence electrons. The van der Waals surface area contributed by atoms with Gasteiger partial charge in [0.25, 0.3) is 0 Å². The smallest absolute Gasteiger partial charge is 0.471 e. The SMILES string of the molecule is O=C(O)[C@H]1CCC[C@@H]1NC(=O)C(F)(F)F. The van der Waals surface area contributed by atoms with E-state index in [2.05, 4.69) is 0 Å². The lowest BCUT2D eigenvalue weighted by Crippen LogP contribution is -2.46. The summed E-state index contributed by atoms with van der Waals surface area (Å²) in [5.41, 5.74) is 0. The average molecular weight is 225 g/mol. The first-order valence-electron chi connectivity index (χ1n) is 4.43. The number of carboxylic acids is 1. The van der Waals surface area contributed by atoms with Crippen molar-refractivity contribution in [2.24, 2.45) is 5.92 Å². The highest BCUT2D eigenvalue weighted by atomic mass is 19.4. The van der Waals surface area contributed by atoms with Crippen LogP contribution < -0.4 is 5.32 Å². The highest BCUT2D eigenvalue weighted by Gasteiger charge is 2.43. The number of aliphatic carboxylic acids is 1. The highest BCUT2D eigenvalue weighted by molar-refractivity contribution is 5.83. The van der Waals surface area contributed by atoms with Crippen molar-refractivity contribution >= 4 is 11.9 Å². The Balaban J connectivity index is 2.58. The second-order valence-electron chi connectivity index (χ2n) is 3.45. The first-order chi connectivity index (χ1) is 6.82. The molecular formula is C8H10F3NO3. The van der Waals surface area contributed by atoms with Crippen molar-refractivity contribution < 1.29 is 27.9 Å². The van der Waals surface area contributed by atoms with Crippen LogP contribution >= 0.6 is 0 Å². The van der Waals surface area contributed by atoms with E-state index in [1.165, 1.54) is 0 Å². The van der Waals surface area contributed by atoms with Gasteiger partial charge < -0.3 is 10.4 Å². The molecule has 0 saturated heterocycles. The minimum Gasteiger partial charge on any atom is -0.481 e. The van der Waals surface area contributed by atoms with E-state index in [0.29, 0.717) is 12.8 Å². The Hall–Kier alpha value is -1.27. The largest absolute Gasteiger partial charge is 0.481 e. The number of carboxylic acid groups (broad SMARTS) is 1. The minimum atomic E-state index is -4.95. The number of hydrogen-bond donors (Lipinski definition) is 2. The number of rotatable bonds is 2. The fourth-order valence-electron chi connectivity index (χ4n) is 1.68. The summed E-state index contributed by atoms with van der Waals surface area (Å²) in [4.78, 5) is 21.2. The summed E-state index contributed by atoms with van der Waals surface area (Å²) in [6.07, 6.45) is -3.86. The summed E-state index contributed by atoms with van der Waals surface area (Å²) < 4.78 is 35.6. The number of carbonyl (C=O) groups excluding carboxylic acids is 1. The van der Waals surface area contributed by atoms with E-state index < -0.39 is 30.0 Å². The molecule has 0 aromatic heterocycles. The van der Waals surface area contributed by atoms with Gasteiger partial charge in [0.05, 0.1) is 5.92 Å². The summed E-state index contributed by atoms with van der Waals surface area (Å²) in [6, 6.07) is -0.906. The maximum atomic E-state index is 11.9. The zero-order chi connectivity index (χ0) is 11.6. The maximum absolute atomic E-state index is 11.9. The zero-order valence-electron chi connectivity index (χ0n) is 7.67. The van der Waals surface area contributed by atoms with E-state index in [4.69, 9.17) is 5.11 Å². The second-order valence-corrected chi connectivity index (χ2v) is 3.45.